The predicted octanol–water partition coefficient (Wildman–Crippen LogP) is 1.33. The van der Waals surface area contributed by atoms with Crippen LogP contribution in [0.1, 0.15) is 31.1 Å². The molecule has 0 radical (unpaired) electrons. The smallest absolute Gasteiger partial charge is 0.328 e. The topological polar surface area (TPSA) is 84.5 Å². The van der Waals surface area contributed by atoms with Crippen molar-refractivity contribution in [2.75, 3.05) is 11.9 Å². The summed E-state index contributed by atoms with van der Waals surface area (Å²) >= 11 is 0. The second-order valence-corrected chi connectivity index (χ2v) is 4.21. The number of anilines is 1. The van der Waals surface area contributed by atoms with E-state index in [9.17, 15) is 14.4 Å². The SMILES string of the molecule is CCOC(=O)C(C)NC(=O)c1cccc(NC(C)=O)c1. The van der Waals surface area contributed by atoms with E-state index >= 15 is 0 Å². The Morgan fingerprint density at radius 3 is 2.60 bits per heavy atom. The molecule has 108 valence electrons. The van der Waals surface area contributed by atoms with Crippen LogP contribution < -0.4 is 10.6 Å². The third-order valence-corrected chi connectivity index (χ3v) is 2.43. The van der Waals surface area contributed by atoms with Crippen molar-refractivity contribution in [2.45, 2.75) is 26.8 Å². The minimum absolute atomic E-state index is 0.220. The predicted molar refractivity (Wildman–Crippen MR) is 74.3 cm³/mol. The molecule has 1 unspecified atom stereocenters. The van der Waals surface area contributed by atoms with Gasteiger partial charge in [-0.05, 0) is 32.0 Å². The molecule has 0 aliphatic carbocycles. The van der Waals surface area contributed by atoms with Crippen LogP contribution in [0.2, 0.25) is 0 Å². The van der Waals surface area contributed by atoms with Gasteiger partial charge in [-0.15, -0.1) is 0 Å². The molecule has 2 N–H and O–H groups in total. The number of ether oxygens (including phenoxy) is 1. The van der Waals surface area contributed by atoms with Crippen LogP contribution in [0.3, 0.4) is 0 Å². The highest BCUT2D eigenvalue weighted by Gasteiger charge is 2.17. The van der Waals surface area contributed by atoms with Gasteiger partial charge in [0.1, 0.15) is 6.04 Å². The summed E-state index contributed by atoms with van der Waals surface area (Å²) < 4.78 is 4.81. The van der Waals surface area contributed by atoms with E-state index in [1.54, 1.807) is 32.0 Å². The molecule has 2 amide bonds. The molecule has 0 fully saturated rings. The summed E-state index contributed by atoms with van der Waals surface area (Å²) in [7, 11) is 0. The average Bonchev–Trinajstić information content (AvgIpc) is 2.38. The van der Waals surface area contributed by atoms with Crippen molar-refractivity contribution in [3.05, 3.63) is 29.8 Å². The number of benzene rings is 1. The summed E-state index contributed by atoms with van der Waals surface area (Å²) in [4.78, 5) is 34.4. The van der Waals surface area contributed by atoms with Crippen molar-refractivity contribution in [2.24, 2.45) is 0 Å². The molecule has 0 saturated carbocycles. The van der Waals surface area contributed by atoms with E-state index in [1.165, 1.54) is 13.0 Å². The van der Waals surface area contributed by atoms with Gasteiger partial charge < -0.3 is 15.4 Å². The van der Waals surface area contributed by atoms with Crippen LogP contribution in [-0.4, -0.2) is 30.4 Å². The fraction of sp³-hybridized carbons (Fsp3) is 0.357. The summed E-state index contributed by atoms with van der Waals surface area (Å²) in [6.45, 7) is 4.89. The van der Waals surface area contributed by atoms with E-state index in [-0.39, 0.29) is 12.5 Å². The van der Waals surface area contributed by atoms with Crippen LogP contribution in [0, 0.1) is 0 Å². The van der Waals surface area contributed by atoms with Gasteiger partial charge in [-0.1, -0.05) is 6.07 Å². The lowest BCUT2D eigenvalue weighted by molar-refractivity contribution is -0.144. The van der Waals surface area contributed by atoms with Gasteiger partial charge in [-0.3, -0.25) is 9.59 Å². The molecule has 0 spiro atoms. The van der Waals surface area contributed by atoms with Crippen LogP contribution in [0.5, 0.6) is 0 Å². The van der Waals surface area contributed by atoms with E-state index in [1.807, 2.05) is 0 Å². The van der Waals surface area contributed by atoms with Gasteiger partial charge in [0.25, 0.3) is 5.91 Å². The second-order valence-electron chi connectivity index (χ2n) is 4.21. The lowest BCUT2D eigenvalue weighted by atomic mass is 10.1. The number of carbonyl (C=O) groups is 3. The van der Waals surface area contributed by atoms with Crippen molar-refractivity contribution in [1.82, 2.24) is 5.32 Å². The van der Waals surface area contributed by atoms with Gasteiger partial charge in [0.05, 0.1) is 6.61 Å². The summed E-state index contributed by atoms with van der Waals surface area (Å²) in [5.41, 5.74) is 0.876. The Kier molecular flexibility index (Phi) is 5.71. The minimum atomic E-state index is -0.730. The van der Waals surface area contributed by atoms with Crippen LogP contribution in [0.25, 0.3) is 0 Å². The van der Waals surface area contributed by atoms with Gasteiger partial charge in [-0.25, -0.2) is 4.79 Å². The van der Waals surface area contributed by atoms with Crippen LogP contribution in [0.15, 0.2) is 24.3 Å². The first-order valence-corrected chi connectivity index (χ1v) is 6.29. The molecule has 1 aromatic carbocycles. The quantitative estimate of drug-likeness (QED) is 0.796. The molecule has 1 rings (SSSR count). The van der Waals surface area contributed by atoms with Gasteiger partial charge >= 0.3 is 5.97 Å². The highest BCUT2D eigenvalue weighted by molar-refractivity contribution is 5.98. The second kappa shape index (κ2) is 7.28. The van der Waals surface area contributed by atoms with E-state index in [0.29, 0.717) is 11.3 Å². The summed E-state index contributed by atoms with van der Waals surface area (Å²) in [6, 6.07) is 5.72. The molecular weight excluding hydrogens is 260 g/mol. The average molecular weight is 278 g/mol. The third-order valence-electron chi connectivity index (χ3n) is 2.43. The van der Waals surface area contributed by atoms with Crippen molar-refractivity contribution in [3.63, 3.8) is 0 Å². The molecule has 0 aliphatic rings. The van der Waals surface area contributed by atoms with E-state index < -0.39 is 17.9 Å². The fourth-order valence-electron chi connectivity index (χ4n) is 1.55. The highest BCUT2D eigenvalue weighted by atomic mass is 16.5. The molecule has 1 atom stereocenters. The molecule has 0 aromatic heterocycles. The van der Waals surface area contributed by atoms with Crippen molar-refractivity contribution >= 4 is 23.5 Å². The first-order chi connectivity index (χ1) is 9.43. The molecule has 6 heteroatoms. The Labute approximate surface area is 117 Å². The number of esters is 1. The van der Waals surface area contributed by atoms with Gasteiger partial charge in [0, 0.05) is 18.2 Å². The van der Waals surface area contributed by atoms with Crippen molar-refractivity contribution in [1.29, 1.82) is 0 Å². The molecule has 0 saturated heterocycles. The Balaban J connectivity index is 2.72. The number of hydrogen-bond donors (Lipinski definition) is 2. The van der Waals surface area contributed by atoms with Gasteiger partial charge in [-0.2, -0.15) is 0 Å². The van der Waals surface area contributed by atoms with E-state index in [2.05, 4.69) is 10.6 Å². The Morgan fingerprint density at radius 1 is 1.30 bits per heavy atom. The lowest BCUT2D eigenvalue weighted by Gasteiger charge is -2.13. The normalized spacial score (nSPS) is 11.3. The molecule has 0 heterocycles. The van der Waals surface area contributed by atoms with Crippen molar-refractivity contribution in [3.8, 4) is 0 Å². The largest absolute Gasteiger partial charge is 0.464 e. The molecule has 0 bridgehead atoms. The molecular formula is C14H18N2O4. The van der Waals surface area contributed by atoms with Gasteiger partial charge in [0.15, 0.2) is 0 Å². The standard InChI is InChI=1S/C14H18N2O4/c1-4-20-14(19)9(2)15-13(18)11-6-5-7-12(8-11)16-10(3)17/h5-9H,4H2,1-3H3,(H,15,18)(H,16,17). The maximum Gasteiger partial charge on any atom is 0.328 e. The number of hydrogen-bond acceptors (Lipinski definition) is 4. The maximum atomic E-state index is 12.0. The fourth-order valence-corrected chi connectivity index (χ4v) is 1.55. The summed E-state index contributed by atoms with van der Waals surface area (Å²) in [6.07, 6.45) is 0. The van der Waals surface area contributed by atoms with Crippen LogP contribution >= 0.6 is 0 Å². The third kappa shape index (κ3) is 4.72. The number of rotatable bonds is 5. The van der Waals surface area contributed by atoms with E-state index in [0.717, 1.165) is 0 Å². The molecule has 6 nitrogen and oxygen atoms in total. The van der Waals surface area contributed by atoms with Crippen LogP contribution in [0.4, 0.5) is 5.69 Å². The zero-order chi connectivity index (χ0) is 15.1. The molecule has 20 heavy (non-hydrogen) atoms. The number of amides is 2. The number of carbonyl (C=O) groups excluding carboxylic acids is 3. The monoisotopic (exact) mass is 278 g/mol. The van der Waals surface area contributed by atoms with Gasteiger partial charge in [0.2, 0.25) is 5.91 Å². The zero-order valence-electron chi connectivity index (χ0n) is 11.7. The number of nitrogens with one attached hydrogen (secondary N) is 2. The molecule has 1 aromatic rings. The molecule has 0 aliphatic heterocycles. The summed E-state index contributed by atoms with van der Waals surface area (Å²) in [5.74, 6) is -1.11. The Morgan fingerprint density at radius 2 is 2.00 bits per heavy atom. The lowest BCUT2D eigenvalue weighted by Crippen LogP contribution is -2.39. The Hall–Kier alpha value is -2.37. The maximum absolute atomic E-state index is 12.0. The van der Waals surface area contributed by atoms with Crippen LogP contribution in [-0.2, 0) is 14.3 Å². The Bertz CT molecular complexity index is 514. The highest BCUT2D eigenvalue weighted by Crippen LogP contribution is 2.10. The first kappa shape index (κ1) is 15.7. The minimum Gasteiger partial charge on any atom is -0.464 e. The van der Waals surface area contributed by atoms with E-state index in [4.69, 9.17) is 4.74 Å². The first-order valence-electron chi connectivity index (χ1n) is 6.29. The zero-order valence-corrected chi connectivity index (χ0v) is 11.7. The van der Waals surface area contributed by atoms with Crippen molar-refractivity contribution < 1.29 is 19.1 Å². The summed E-state index contributed by atoms with van der Waals surface area (Å²) in [5, 5.41) is 5.12.